The first kappa shape index (κ1) is 14.4. The summed E-state index contributed by atoms with van der Waals surface area (Å²) in [6, 6.07) is 8.46. The van der Waals surface area contributed by atoms with E-state index in [0.717, 1.165) is 11.1 Å². The zero-order valence-electron chi connectivity index (χ0n) is 10.7. The van der Waals surface area contributed by atoms with Crippen LogP contribution in [0.4, 0.5) is 5.69 Å². The Morgan fingerprint density at radius 1 is 1.45 bits per heavy atom. The van der Waals surface area contributed by atoms with Crippen molar-refractivity contribution >= 4 is 17.3 Å². The maximum absolute atomic E-state index is 11.1. The summed E-state index contributed by atoms with van der Waals surface area (Å²) in [6.45, 7) is 1.86. The average molecular weight is 290 g/mol. The minimum absolute atomic E-state index is 0.111. The van der Waals surface area contributed by atoms with E-state index in [1.807, 2.05) is 6.92 Å². The molecule has 1 unspecified atom stereocenters. The van der Waals surface area contributed by atoms with Gasteiger partial charge in [-0.25, -0.2) is 5.21 Å². The van der Waals surface area contributed by atoms with Crippen molar-refractivity contribution in [3.63, 3.8) is 0 Å². The first-order valence-electron chi connectivity index (χ1n) is 5.88. The van der Waals surface area contributed by atoms with E-state index in [1.54, 1.807) is 18.3 Å². The third-order valence-corrected chi connectivity index (χ3v) is 3.22. The smallest absolute Gasteiger partial charge is 0.165 e. The highest BCUT2D eigenvalue weighted by molar-refractivity contribution is 6.31. The van der Waals surface area contributed by atoms with Crippen molar-refractivity contribution in [2.75, 3.05) is 0 Å². The number of nitrogens with zero attached hydrogens (tertiary/aromatic N) is 2. The van der Waals surface area contributed by atoms with E-state index in [9.17, 15) is 5.21 Å². The van der Waals surface area contributed by atoms with Crippen LogP contribution in [-0.4, -0.2) is 10.2 Å². The van der Waals surface area contributed by atoms with Crippen LogP contribution in [0, 0.1) is 23.5 Å². The Hall–Kier alpha value is -1.97. The monoisotopic (exact) mass is 289 g/mol. The molecular weight excluding hydrogens is 278 g/mol. The van der Waals surface area contributed by atoms with E-state index in [4.69, 9.17) is 22.1 Å². The Bertz CT molecular complexity index is 681. The van der Waals surface area contributed by atoms with Crippen LogP contribution in [0.25, 0.3) is 11.3 Å². The van der Waals surface area contributed by atoms with Crippen molar-refractivity contribution in [3.8, 4) is 17.3 Å². The number of benzene rings is 1. The third-order valence-electron chi connectivity index (χ3n) is 3.00. The largest absolute Gasteiger partial charge is 0.595 e. The van der Waals surface area contributed by atoms with Crippen LogP contribution in [0.15, 0.2) is 30.5 Å². The lowest BCUT2D eigenvalue weighted by atomic mass is 10.0. The minimum Gasteiger partial charge on any atom is -0.595 e. The summed E-state index contributed by atoms with van der Waals surface area (Å²) < 4.78 is 0. The maximum Gasteiger partial charge on any atom is 0.165 e. The summed E-state index contributed by atoms with van der Waals surface area (Å²) in [7, 11) is 0. The van der Waals surface area contributed by atoms with Gasteiger partial charge in [0.25, 0.3) is 0 Å². The number of hydrogen-bond acceptors (Lipinski definition) is 4. The van der Waals surface area contributed by atoms with Gasteiger partial charge in [-0.3, -0.25) is 4.98 Å². The van der Waals surface area contributed by atoms with E-state index in [1.165, 1.54) is 12.1 Å². The fourth-order valence-corrected chi connectivity index (χ4v) is 2.23. The normalized spacial score (nSPS) is 11.9. The van der Waals surface area contributed by atoms with Crippen molar-refractivity contribution in [1.82, 2.24) is 4.98 Å². The summed E-state index contributed by atoms with van der Waals surface area (Å²) in [4.78, 5) is 4.27. The summed E-state index contributed by atoms with van der Waals surface area (Å²) >= 11 is 5.95. The maximum atomic E-state index is 11.1. The highest BCUT2D eigenvalue weighted by atomic mass is 35.5. The van der Waals surface area contributed by atoms with Crippen molar-refractivity contribution in [2.45, 2.75) is 13.3 Å². The van der Waals surface area contributed by atoms with Gasteiger partial charge in [0.2, 0.25) is 0 Å². The summed E-state index contributed by atoms with van der Waals surface area (Å²) in [5.41, 5.74) is 3.11. The van der Waals surface area contributed by atoms with Gasteiger partial charge in [0.05, 0.1) is 18.2 Å². The lowest BCUT2D eigenvalue weighted by Crippen LogP contribution is -2.99. The predicted octanol–water partition coefficient (Wildman–Crippen LogP) is 2.18. The summed E-state index contributed by atoms with van der Waals surface area (Å²) in [6.07, 6.45) is 1.89. The zero-order valence-corrected chi connectivity index (χ0v) is 11.5. The molecule has 0 aliphatic carbocycles. The number of rotatable bonds is 3. The SMILES string of the molecule is Cc1c(CC#N)ccnc1-c1cc(Cl)cc([NH+]([O-])O)c1. The van der Waals surface area contributed by atoms with Gasteiger partial charge >= 0.3 is 0 Å². The van der Waals surface area contributed by atoms with E-state index < -0.39 is 5.23 Å². The van der Waals surface area contributed by atoms with Crippen molar-refractivity contribution in [3.05, 3.63) is 51.8 Å². The fraction of sp³-hybridized carbons (Fsp3) is 0.143. The topological polar surface area (TPSA) is 84.4 Å². The van der Waals surface area contributed by atoms with Crippen LogP contribution < -0.4 is 5.23 Å². The van der Waals surface area contributed by atoms with Crippen LogP contribution in [0.5, 0.6) is 0 Å². The number of halogens is 1. The Morgan fingerprint density at radius 3 is 2.85 bits per heavy atom. The lowest BCUT2D eigenvalue weighted by molar-refractivity contribution is -0.991. The Kier molecular flexibility index (Phi) is 4.32. The van der Waals surface area contributed by atoms with Gasteiger partial charge in [0.1, 0.15) is 0 Å². The van der Waals surface area contributed by atoms with E-state index in [-0.39, 0.29) is 12.1 Å². The molecule has 0 spiro atoms. The third kappa shape index (κ3) is 2.95. The second kappa shape index (κ2) is 5.99. The van der Waals surface area contributed by atoms with Crippen LogP contribution >= 0.6 is 11.6 Å². The molecule has 1 aromatic carbocycles. The van der Waals surface area contributed by atoms with Crippen LogP contribution in [0.3, 0.4) is 0 Å². The molecule has 2 aromatic rings. The Morgan fingerprint density at radius 2 is 2.20 bits per heavy atom. The van der Waals surface area contributed by atoms with Gasteiger partial charge in [-0.2, -0.15) is 10.5 Å². The average Bonchev–Trinajstić information content (AvgIpc) is 2.40. The summed E-state index contributed by atoms with van der Waals surface area (Å²) in [5, 5.41) is 28.2. The lowest BCUT2D eigenvalue weighted by Gasteiger charge is -2.14. The summed E-state index contributed by atoms with van der Waals surface area (Å²) in [5.74, 6) is 0. The molecule has 0 bridgehead atoms. The first-order chi connectivity index (χ1) is 9.52. The van der Waals surface area contributed by atoms with Gasteiger partial charge in [0.15, 0.2) is 5.69 Å². The van der Waals surface area contributed by atoms with Gasteiger partial charge in [-0.1, -0.05) is 11.6 Å². The molecule has 0 aliphatic heterocycles. The van der Waals surface area contributed by atoms with Crippen molar-refractivity contribution < 1.29 is 10.4 Å². The predicted molar refractivity (Wildman–Crippen MR) is 74.5 cm³/mol. The van der Waals surface area contributed by atoms with Crippen LogP contribution in [0.2, 0.25) is 5.02 Å². The molecule has 1 heterocycles. The molecule has 0 radical (unpaired) electrons. The molecule has 0 saturated carbocycles. The number of nitrogens with one attached hydrogen (secondary N) is 1. The number of pyridine rings is 1. The molecule has 0 amide bonds. The minimum atomic E-state index is -1.04. The van der Waals surface area contributed by atoms with E-state index in [0.29, 0.717) is 16.3 Å². The molecule has 2 N–H and O–H groups in total. The first-order valence-corrected chi connectivity index (χ1v) is 6.26. The second-order valence-corrected chi connectivity index (χ2v) is 4.75. The number of nitriles is 1. The number of aromatic nitrogens is 1. The van der Waals surface area contributed by atoms with Crippen LogP contribution in [0.1, 0.15) is 11.1 Å². The highest BCUT2D eigenvalue weighted by Crippen LogP contribution is 2.28. The molecule has 0 aliphatic rings. The molecule has 2 rings (SSSR count). The van der Waals surface area contributed by atoms with Crippen molar-refractivity contribution in [2.24, 2.45) is 0 Å². The Balaban J connectivity index is 2.57. The fourth-order valence-electron chi connectivity index (χ4n) is 1.99. The van der Waals surface area contributed by atoms with Gasteiger partial charge in [-0.15, -0.1) is 0 Å². The number of quaternary nitrogens is 1. The second-order valence-electron chi connectivity index (χ2n) is 4.31. The molecule has 1 atom stereocenters. The quantitative estimate of drug-likeness (QED) is 0.848. The van der Waals surface area contributed by atoms with Gasteiger partial charge < -0.3 is 5.21 Å². The molecule has 0 fully saturated rings. The standard InChI is InChI=1S/C14H12ClN3O2/c1-9-10(2-4-16)3-5-17-14(9)11-6-12(15)8-13(7-11)18(19)20/h3,5-8,18-19H,2H2,1H3. The molecule has 20 heavy (non-hydrogen) atoms. The molecule has 1 aromatic heterocycles. The highest BCUT2D eigenvalue weighted by Gasteiger charge is 2.12. The van der Waals surface area contributed by atoms with E-state index >= 15 is 0 Å². The zero-order chi connectivity index (χ0) is 14.7. The Labute approximate surface area is 121 Å². The van der Waals surface area contributed by atoms with Gasteiger partial charge in [0, 0.05) is 28.9 Å². The molecule has 6 heteroatoms. The van der Waals surface area contributed by atoms with E-state index in [2.05, 4.69) is 11.1 Å². The molecule has 5 nitrogen and oxygen atoms in total. The van der Waals surface area contributed by atoms with Gasteiger partial charge in [-0.05, 0) is 30.2 Å². The van der Waals surface area contributed by atoms with Crippen LogP contribution in [-0.2, 0) is 6.42 Å². The molecular formula is C14H12ClN3O2. The number of hydrogen-bond donors (Lipinski definition) is 2. The molecule has 0 saturated heterocycles. The van der Waals surface area contributed by atoms with Crippen molar-refractivity contribution in [1.29, 1.82) is 5.26 Å². The molecule has 102 valence electrons.